The van der Waals surface area contributed by atoms with Crippen LogP contribution in [0.15, 0.2) is 49.9 Å². The van der Waals surface area contributed by atoms with E-state index in [1.165, 1.54) is 17.8 Å². The Kier molecular flexibility index (Phi) is 5.03. The van der Waals surface area contributed by atoms with E-state index in [1.807, 2.05) is 10.6 Å². The smallest absolute Gasteiger partial charge is 0.433 e. The summed E-state index contributed by atoms with van der Waals surface area (Å²) in [6, 6.07) is 6.51. The van der Waals surface area contributed by atoms with Crippen LogP contribution in [0.2, 0.25) is 0 Å². The van der Waals surface area contributed by atoms with E-state index < -0.39 is 4.92 Å². The molecule has 9 heteroatoms. The van der Waals surface area contributed by atoms with Gasteiger partial charge < -0.3 is 8.83 Å². The first-order chi connectivity index (χ1) is 12.0. The number of hydrogen-bond donors (Lipinski definition) is 0. The van der Waals surface area contributed by atoms with Gasteiger partial charge in [-0.15, -0.1) is 10.2 Å². The van der Waals surface area contributed by atoms with E-state index in [4.69, 9.17) is 8.83 Å². The number of nitrogens with zero attached hydrogens (tertiary/aromatic N) is 4. The molecule has 0 N–H and O–H groups in total. The molecule has 0 aromatic carbocycles. The van der Waals surface area contributed by atoms with E-state index in [1.54, 1.807) is 29.9 Å². The molecular formula is C16H16N4O4S. The minimum Gasteiger partial charge on any atom is -0.461 e. The van der Waals surface area contributed by atoms with Crippen LogP contribution in [0.1, 0.15) is 19.6 Å². The fourth-order valence-electron chi connectivity index (χ4n) is 2.19. The predicted octanol–water partition coefficient (Wildman–Crippen LogP) is 4.46. The van der Waals surface area contributed by atoms with E-state index in [-0.39, 0.29) is 5.88 Å². The monoisotopic (exact) mass is 360 g/mol. The molecule has 3 heterocycles. The highest BCUT2D eigenvalue weighted by atomic mass is 32.2. The summed E-state index contributed by atoms with van der Waals surface area (Å²) < 4.78 is 12.5. The van der Waals surface area contributed by atoms with Gasteiger partial charge in [-0.25, -0.2) is 0 Å². The molecule has 0 spiro atoms. The number of rotatable bonds is 7. The Labute approximate surface area is 147 Å². The van der Waals surface area contributed by atoms with Crippen molar-refractivity contribution >= 4 is 23.7 Å². The third kappa shape index (κ3) is 4.00. The Bertz CT molecular complexity index is 880. The van der Waals surface area contributed by atoms with Crippen LogP contribution in [0.5, 0.6) is 0 Å². The summed E-state index contributed by atoms with van der Waals surface area (Å²) in [6.07, 6.45) is 3.25. The molecule has 0 radical (unpaired) electrons. The normalized spacial score (nSPS) is 11.6. The van der Waals surface area contributed by atoms with Gasteiger partial charge in [0, 0.05) is 6.54 Å². The summed E-state index contributed by atoms with van der Waals surface area (Å²) in [7, 11) is 0. The van der Waals surface area contributed by atoms with Gasteiger partial charge in [0.15, 0.2) is 16.7 Å². The Morgan fingerprint density at radius 3 is 2.84 bits per heavy atom. The van der Waals surface area contributed by atoms with Crippen molar-refractivity contribution in [3.63, 3.8) is 0 Å². The van der Waals surface area contributed by atoms with Crippen molar-refractivity contribution in [3.8, 4) is 11.6 Å². The first-order valence-electron chi connectivity index (χ1n) is 7.59. The van der Waals surface area contributed by atoms with Crippen LogP contribution in [0.25, 0.3) is 17.7 Å². The molecule has 0 amide bonds. The standard InChI is InChI=1S/C16H16N4O4S/c1-11(2)10-19-15(13-4-3-8-23-13)17-18-16(19)25-9-7-12-5-6-14(24-12)20(21)22/h3-9,11H,10H2,1-2H3/b9-7+. The fourth-order valence-corrected chi connectivity index (χ4v) is 2.89. The van der Waals surface area contributed by atoms with Crippen molar-refractivity contribution in [2.24, 2.45) is 5.92 Å². The highest BCUT2D eigenvalue weighted by molar-refractivity contribution is 8.02. The minimum absolute atomic E-state index is 0.285. The molecule has 0 aliphatic heterocycles. The van der Waals surface area contributed by atoms with Gasteiger partial charge in [0.2, 0.25) is 0 Å². The van der Waals surface area contributed by atoms with Gasteiger partial charge >= 0.3 is 5.88 Å². The summed E-state index contributed by atoms with van der Waals surface area (Å²) in [4.78, 5) is 10.1. The zero-order valence-electron chi connectivity index (χ0n) is 13.7. The number of aromatic nitrogens is 3. The molecule has 3 rings (SSSR count). The maximum Gasteiger partial charge on any atom is 0.433 e. The zero-order chi connectivity index (χ0) is 17.8. The summed E-state index contributed by atoms with van der Waals surface area (Å²) in [5, 5.41) is 21.5. The van der Waals surface area contributed by atoms with Gasteiger partial charge in [0.1, 0.15) is 10.7 Å². The summed E-state index contributed by atoms with van der Waals surface area (Å²) in [6.45, 7) is 4.96. The van der Waals surface area contributed by atoms with Crippen LogP contribution >= 0.6 is 11.8 Å². The Morgan fingerprint density at radius 2 is 2.20 bits per heavy atom. The minimum atomic E-state index is -0.570. The van der Waals surface area contributed by atoms with E-state index in [0.29, 0.717) is 28.4 Å². The Hall–Kier alpha value is -2.81. The average Bonchev–Trinajstić information content (AvgIpc) is 3.28. The largest absolute Gasteiger partial charge is 0.461 e. The molecule has 3 aromatic heterocycles. The highest BCUT2D eigenvalue weighted by Gasteiger charge is 2.16. The highest BCUT2D eigenvalue weighted by Crippen LogP contribution is 2.27. The summed E-state index contributed by atoms with van der Waals surface area (Å²) >= 11 is 1.36. The topological polar surface area (TPSA) is 100 Å². The van der Waals surface area contributed by atoms with E-state index in [9.17, 15) is 10.1 Å². The number of hydrogen-bond acceptors (Lipinski definition) is 7. The molecule has 25 heavy (non-hydrogen) atoms. The summed E-state index contributed by atoms with van der Waals surface area (Å²) in [5.41, 5.74) is 0. The van der Waals surface area contributed by atoms with Crippen molar-refractivity contribution in [1.82, 2.24) is 14.8 Å². The molecule has 3 aromatic rings. The number of nitro groups is 1. The van der Waals surface area contributed by atoms with Crippen LogP contribution in [-0.2, 0) is 6.54 Å². The SMILES string of the molecule is CC(C)Cn1c(S/C=C/c2ccc([N+](=O)[O-])o2)nnc1-c1ccco1. The molecule has 0 bridgehead atoms. The number of furan rings is 2. The lowest BCUT2D eigenvalue weighted by molar-refractivity contribution is -0.402. The van der Waals surface area contributed by atoms with E-state index in [0.717, 1.165) is 6.54 Å². The lowest BCUT2D eigenvalue weighted by Gasteiger charge is -2.10. The first kappa shape index (κ1) is 17.0. The van der Waals surface area contributed by atoms with Crippen LogP contribution in [0, 0.1) is 16.0 Å². The van der Waals surface area contributed by atoms with Crippen molar-refractivity contribution in [3.05, 3.63) is 51.8 Å². The molecule has 0 saturated heterocycles. The molecule has 0 aliphatic rings. The van der Waals surface area contributed by atoms with Crippen LogP contribution in [0.4, 0.5) is 5.88 Å². The van der Waals surface area contributed by atoms with Crippen LogP contribution < -0.4 is 0 Å². The van der Waals surface area contributed by atoms with Gasteiger partial charge in [0.05, 0.1) is 12.3 Å². The molecule has 0 unspecified atom stereocenters. The van der Waals surface area contributed by atoms with Gasteiger partial charge in [-0.3, -0.25) is 14.7 Å². The van der Waals surface area contributed by atoms with Gasteiger partial charge in [-0.05, 0) is 35.6 Å². The first-order valence-corrected chi connectivity index (χ1v) is 8.47. The third-order valence-corrected chi connectivity index (χ3v) is 3.99. The average molecular weight is 360 g/mol. The molecule has 0 fully saturated rings. The third-order valence-electron chi connectivity index (χ3n) is 3.20. The molecule has 0 saturated carbocycles. The van der Waals surface area contributed by atoms with E-state index >= 15 is 0 Å². The van der Waals surface area contributed by atoms with Crippen molar-refractivity contribution < 1.29 is 13.8 Å². The number of thioether (sulfide) groups is 1. The van der Waals surface area contributed by atoms with E-state index in [2.05, 4.69) is 24.0 Å². The quantitative estimate of drug-likeness (QED) is 0.348. The van der Waals surface area contributed by atoms with Crippen molar-refractivity contribution in [2.45, 2.75) is 25.5 Å². The summed E-state index contributed by atoms with van der Waals surface area (Å²) in [5.74, 6) is 1.85. The second-order valence-corrected chi connectivity index (χ2v) is 6.51. The lowest BCUT2D eigenvalue weighted by Crippen LogP contribution is -2.07. The van der Waals surface area contributed by atoms with Gasteiger partial charge in [0.25, 0.3) is 0 Å². The zero-order valence-corrected chi connectivity index (χ0v) is 14.5. The lowest BCUT2D eigenvalue weighted by atomic mass is 10.2. The molecule has 8 nitrogen and oxygen atoms in total. The Morgan fingerprint density at radius 1 is 1.36 bits per heavy atom. The second kappa shape index (κ2) is 7.39. The van der Waals surface area contributed by atoms with Crippen LogP contribution in [0.3, 0.4) is 0 Å². The molecular weight excluding hydrogens is 344 g/mol. The molecule has 130 valence electrons. The maximum atomic E-state index is 10.6. The predicted molar refractivity (Wildman–Crippen MR) is 92.8 cm³/mol. The van der Waals surface area contributed by atoms with Crippen molar-refractivity contribution in [1.29, 1.82) is 0 Å². The fraction of sp³-hybridized carbons (Fsp3) is 0.250. The van der Waals surface area contributed by atoms with Crippen LogP contribution in [-0.4, -0.2) is 19.7 Å². The van der Waals surface area contributed by atoms with Crippen molar-refractivity contribution in [2.75, 3.05) is 0 Å². The van der Waals surface area contributed by atoms with Gasteiger partial charge in [-0.1, -0.05) is 25.6 Å². The molecule has 0 atom stereocenters. The molecule has 0 aliphatic carbocycles. The van der Waals surface area contributed by atoms with Gasteiger partial charge in [-0.2, -0.15) is 0 Å². The Balaban J connectivity index is 1.79. The maximum absolute atomic E-state index is 10.6. The second-order valence-electron chi connectivity index (χ2n) is 5.64.